The maximum Gasteiger partial charge on any atom is 0.305 e. The summed E-state index contributed by atoms with van der Waals surface area (Å²) in [7, 11) is 1.46. The van der Waals surface area contributed by atoms with Gasteiger partial charge >= 0.3 is 5.97 Å². The van der Waals surface area contributed by atoms with E-state index in [2.05, 4.69) is 80.3 Å². The SMILES string of the molecule is COC(=O)CCCCCN1CCC(OC(c2ccccc2)c2ccc(C(C)(C)C)cc2)CC1. The molecule has 33 heavy (non-hydrogen) atoms. The van der Waals surface area contributed by atoms with Crippen LogP contribution in [0, 0.1) is 0 Å². The van der Waals surface area contributed by atoms with Gasteiger partial charge in [0.05, 0.1) is 13.2 Å². The van der Waals surface area contributed by atoms with Crippen LogP contribution in [0.15, 0.2) is 54.6 Å². The van der Waals surface area contributed by atoms with Gasteiger partial charge in [-0.1, -0.05) is 81.8 Å². The highest BCUT2D eigenvalue weighted by Gasteiger charge is 2.25. The predicted molar refractivity (Wildman–Crippen MR) is 134 cm³/mol. The van der Waals surface area contributed by atoms with E-state index >= 15 is 0 Å². The predicted octanol–water partition coefficient (Wildman–Crippen LogP) is 6.29. The molecule has 1 unspecified atom stereocenters. The van der Waals surface area contributed by atoms with E-state index in [0.717, 1.165) is 51.7 Å². The molecule has 1 fully saturated rings. The van der Waals surface area contributed by atoms with Crippen molar-refractivity contribution in [1.82, 2.24) is 4.90 Å². The van der Waals surface area contributed by atoms with Gasteiger partial charge in [0, 0.05) is 19.5 Å². The summed E-state index contributed by atoms with van der Waals surface area (Å²) in [6.45, 7) is 10.0. The largest absolute Gasteiger partial charge is 0.469 e. The van der Waals surface area contributed by atoms with Crippen molar-refractivity contribution in [2.75, 3.05) is 26.7 Å². The molecule has 1 heterocycles. The number of carbonyl (C=O) groups is 1. The van der Waals surface area contributed by atoms with Crippen LogP contribution in [0.25, 0.3) is 0 Å². The Kier molecular flexibility index (Phi) is 9.52. The fourth-order valence-corrected chi connectivity index (χ4v) is 4.48. The molecule has 2 aromatic rings. The summed E-state index contributed by atoms with van der Waals surface area (Å²) in [5.74, 6) is -0.103. The number of nitrogens with zero attached hydrogens (tertiary/aromatic N) is 1. The van der Waals surface area contributed by atoms with Crippen molar-refractivity contribution >= 4 is 5.97 Å². The molecule has 180 valence electrons. The summed E-state index contributed by atoms with van der Waals surface area (Å²) < 4.78 is 11.5. The molecule has 3 rings (SSSR count). The van der Waals surface area contributed by atoms with Crippen molar-refractivity contribution in [3.05, 3.63) is 71.3 Å². The quantitative estimate of drug-likeness (QED) is 0.314. The lowest BCUT2D eigenvalue weighted by molar-refractivity contribution is -0.140. The second-order valence-corrected chi connectivity index (χ2v) is 10.2. The monoisotopic (exact) mass is 451 g/mol. The van der Waals surface area contributed by atoms with Crippen molar-refractivity contribution in [1.29, 1.82) is 0 Å². The molecule has 1 aliphatic heterocycles. The Balaban J connectivity index is 1.54. The topological polar surface area (TPSA) is 38.8 Å². The Hall–Kier alpha value is -2.17. The first-order valence-corrected chi connectivity index (χ1v) is 12.5. The summed E-state index contributed by atoms with van der Waals surface area (Å²) in [5.41, 5.74) is 3.93. The van der Waals surface area contributed by atoms with Crippen LogP contribution in [0.5, 0.6) is 0 Å². The molecule has 4 nitrogen and oxygen atoms in total. The van der Waals surface area contributed by atoms with Crippen LogP contribution >= 0.6 is 0 Å². The van der Waals surface area contributed by atoms with Crippen LogP contribution < -0.4 is 0 Å². The first kappa shape index (κ1) is 25.5. The number of piperidine rings is 1. The number of methoxy groups -OCH3 is 1. The van der Waals surface area contributed by atoms with Gasteiger partial charge in [-0.3, -0.25) is 4.79 Å². The number of carbonyl (C=O) groups excluding carboxylic acids is 1. The third kappa shape index (κ3) is 7.97. The molecule has 0 N–H and O–H groups in total. The second kappa shape index (κ2) is 12.3. The molecule has 1 atom stereocenters. The summed E-state index contributed by atoms with van der Waals surface area (Å²) in [6.07, 6.45) is 6.02. The molecule has 0 saturated carbocycles. The lowest BCUT2D eigenvalue weighted by Crippen LogP contribution is -2.38. The third-order valence-corrected chi connectivity index (χ3v) is 6.63. The van der Waals surface area contributed by atoms with Crippen LogP contribution in [-0.2, 0) is 19.7 Å². The molecular formula is C29H41NO3. The summed E-state index contributed by atoms with van der Waals surface area (Å²) in [4.78, 5) is 13.8. The first-order chi connectivity index (χ1) is 15.9. The molecule has 0 radical (unpaired) electrons. The van der Waals surface area contributed by atoms with Crippen LogP contribution in [0.3, 0.4) is 0 Å². The van der Waals surface area contributed by atoms with E-state index in [1.165, 1.54) is 23.8 Å². The highest BCUT2D eigenvalue weighted by atomic mass is 16.5. The van der Waals surface area contributed by atoms with Crippen LogP contribution in [-0.4, -0.2) is 43.7 Å². The number of hydrogen-bond acceptors (Lipinski definition) is 4. The van der Waals surface area contributed by atoms with Crippen molar-refractivity contribution in [2.24, 2.45) is 0 Å². The van der Waals surface area contributed by atoms with Crippen LogP contribution in [0.4, 0.5) is 0 Å². The van der Waals surface area contributed by atoms with E-state index < -0.39 is 0 Å². The summed E-state index contributed by atoms with van der Waals surface area (Å²) in [6, 6.07) is 19.6. The smallest absolute Gasteiger partial charge is 0.305 e. The molecule has 4 heteroatoms. The van der Waals surface area contributed by atoms with E-state index in [1.807, 2.05) is 0 Å². The minimum Gasteiger partial charge on any atom is -0.469 e. The van der Waals surface area contributed by atoms with Crippen LogP contribution in [0.1, 0.15) is 82.1 Å². The Labute approximate surface area is 200 Å². The summed E-state index contributed by atoms with van der Waals surface area (Å²) >= 11 is 0. The average molecular weight is 452 g/mol. The molecule has 2 aromatic carbocycles. The van der Waals surface area contributed by atoms with E-state index in [-0.39, 0.29) is 23.6 Å². The van der Waals surface area contributed by atoms with Gasteiger partial charge in [0.25, 0.3) is 0 Å². The maximum atomic E-state index is 11.2. The van der Waals surface area contributed by atoms with Gasteiger partial charge in [0.1, 0.15) is 6.10 Å². The molecule has 1 aliphatic rings. The molecule has 0 bridgehead atoms. The highest BCUT2D eigenvalue weighted by molar-refractivity contribution is 5.68. The number of ether oxygens (including phenoxy) is 2. The fourth-order valence-electron chi connectivity index (χ4n) is 4.48. The molecular weight excluding hydrogens is 410 g/mol. The van der Waals surface area contributed by atoms with Crippen LogP contribution in [0.2, 0.25) is 0 Å². The zero-order valence-corrected chi connectivity index (χ0v) is 20.9. The molecule has 1 saturated heterocycles. The Morgan fingerprint density at radius 3 is 2.18 bits per heavy atom. The second-order valence-electron chi connectivity index (χ2n) is 10.2. The number of unbranched alkanes of at least 4 members (excludes halogenated alkanes) is 2. The van der Waals surface area contributed by atoms with Gasteiger partial charge in [-0.15, -0.1) is 0 Å². The van der Waals surface area contributed by atoms with Crippen molar-refractivity contribution in [2.45, 2.75) is 76.9 Å². The Bertz CT molecular complexity index is 833. The third-order valence-electron chi connectivity index (χ3n) is 6.63. The van der Waals surface area contributed by atoms with Gasteiger partial charge in [-0.2, -0.15) is 0 Å². The zero-order valence-electron chi connectivity index (χ0n) is 20.9. The van der Waals surface area contributed by atoms with Gasteiger partial charge in [0.15, 0.2) is 0 Å². The summed E-state index contributed by atoms with van der Waals surface area (Å²) in [5, 5.41) is 0. The van der Waals surface area contributed by atoms with Gasteiger partial charge < -0.3 is 14.4 Å². The maximum absolute atomic E-state index is 11.2. The average Bonchev–Trinajstić information content (AvgIpc) is 2.83. The highest BCUT2D eigenvalue weighted by Crippen LogP contribution is 2.32. The Morgan fingerprint density at radius 1 is 0.939 bits per heavy atom. The zero-order chi connectivity index (χ0) is 23.7. The standard InChI is InChI=1S/C29H41NO3/c1-29(2,3)25-16-14-24(15-17-25)28(23-11-7-5-8-12-23)33-26-18-21-30(22-19-26)20-10-6-9-13-27(31)32-4/h5,7-8,11-12,14-17,26,28H,6,9-10,13,18-22H2,1-4H3. The molecule has 0 amide bonds. The van der Waals surface area contributed by atoms with Crippen molar-refractivity contribution < 1.29 is 14.3 Å². The van der Waals surface area contributed by atoms with Gasteiger partial charge in [-0.05, 0) is 54.3 Å². The fraction of sp³-hybridized carbons (Fsp3) is 0.552. The lowest BCUT2D eigenvalue weighted by Gasteiger charge is -2.34. The van der Waals surface area contributed by atoms with Gasteiger partial charge in [-0.25, -0.2) is 0 Å². The molecule has 0 spiro atoms. The van der Waals surface area contributed by atoms with E-state index in [1.54, 1.807) is 0 Å². The number of benzene rings is 2. The van der Waals surface area contributed by atoms with Gasteiger partial charge in [0.2, 0.25) is 0 Å². The van der Waals surface area contributed by atoms with E-state index in [0.29, 0.717) is 6.42 Å². The number of hydrogen-bond donors (Lipinski definition) is 0. The minimum absolute atomic E-state index is 0.0323. The number of esters is 1. The molecule has 0 aromatic heterocycles. The normalized spacial score (nSPS) is 16.5. The van der Waals surface area contributed by atoms with E-state index in [4.69, 9.17) is 9.47 Å². The lowest BCUT2D eigenvalue weighted by atomic mass is 9.86. The molecule has 0 aliphatic carbocycles. The van der Waals surface area contributed by atoms with E-state index in [9.17, 15) is 4.79 Å². The Morgan fingerprint density at radius 2 is 1.58 bits per heavy atom. The van der Waals surface area contributed by atoms with Crippen molar-refractivity contribution in [3.63, 3.8) is 0 Å². The van der Waals surface area contributed by atoms with Crippen molar-refractivity contribution in [3.8, 4) is 0 Å². The first-order valence-electron chi connectivity index (χ1n) is 12.5. The number of rotatable bonds is 10. The minimum atomic E-state index is -0.103. The number of likely N-dealkylation sites (tertiary alicyclic amines) is 1.